The van der Waals surface area contributed by atoms with Gasteiger partial charge in [-0.1, -0.05) is 6.07 Å². The van der Waals surface area contributed by atoms with Crippen molar-refractivity contribution >= 4 is 0 Å². The molecule has 2 heteroatoms. The van der Waals surface area contributed by atoms with E-state index in [0.717, 1.165) is 11.1 Å². The van der Waals surface area contributed by atoms with Crippen LogP contribution >= 0.6 is 0 Å². The maximum Gasteiger partial charge on any atom is 0.264 e. The summed E-state index contributed by atoms with van der Waals surface area (Å²) in [4.78, 5) is 0. The van der Waals surface area contributed by atoms with Crippen molar-refractivity contribution in [3.05, 3.63) is 34.4 Å². The van der Waals surface area contributed by atoms with Gasteiger partial charge >= 0.3 is 0 Å². The number of hydrogen-bond acceptors (Lipinski definition) is 0. The highest BCUT2D eigenvalue weighted by Crippen LogP contribution is 2.25. The Morgan fingerprint density at radius 2 is 1.42 bits per heavy atom. The molecule has 0 aliphatic rings. The molecule has 0 atom stereocenters. The van der Waals surface area contributed by atoms with Gasteiger partial charge in [0.25, 0.3) is 6.43 Å². The zero-order valence-corrected chi connectivity index (χ0v) is 7.49. The van der Waals surface area contributed by atoms with Crippen LogP contribution in [0.2, 0.25) is 0 Å². The van der Waals surface area contributed by atoms with Crippen molar-refractivity contribution in [1.82, 2.24) is 0 Å². The average molecular weight is 170 g/mol. The zero-order chi connectivity index (χ0) is 9.30. The molecule has 0 N–H and O–H groups in total. The molecule has 0 saturated heterocycles. The Balaban J connectivity index is 3.23. The van der Waals surface area contributed by atoms with E-state index in [9.17, 15) is 8.78 Å². The third kappa shape index (κ3) is 1.63. The normalized spacial score (nSPS) is 10.8. The summed E-state index contributed by atoms with van der Waals surface area (Å²) >= 11 is 0. The largest absolute Gasteiger partial charge is 0.264 e. The molecule has 0 fully saturated rings. The van der Waals surface area contributed by atoms with Crippen LogP contribution < -0.4 is 0 Å². The van der Waals surface area contributed by atoms with Crippen LogP contribution in [-0.4, -0.2) is 0 Å². The lowest BCUT2D eigenvalue weighted by Crippen LogP contribution is -1.92. The topological polar surface area (TPSA) is 0 Å². The molecule has 12 heavy (non-hydrogen) atoms. The first-order valence-corrected chi connectivity index (χ1v) is 3.88. The van der Waals surface area contributed by atoms with Crippen molar-refractivity contribution < 1.29 is 8.78 Å². The van der Waals surface area contributed by atoms with Crippen LogP contribution in [0.15, 0.2) is 12.1 Å². The van der Waals surface area contributed by atoms with Gasteiger partial charge in [-0.15, -0.1) is 0 Å². The lowest BCUT2D eigenvalue weighted by molar-refractivity contribution is 0.150. The van der Waals surface area contributed by atoms with E-state index in [1.54, 1.807) is 19.1 Å². The SMILES string of the molecule is Cc1cc(C)c(C(F)F)cc1C. The molecule has 1 aromatic carbocycles. The summed E-state index contributed by atoms with van der Waals surface area (Å²) in [6, 6.07) is 3.37. The standard InChI is InChI=1S/C10H12F2/c1-6-4-8(3)9(10(11)12)5-7(6)2/h4-5,10H,1-3H3. The molecule has 0 aliphatic carbocycles. The molecule has 66 valence electrons. The first-order chi connectivity index (χ1) is 5.52. The van der Waals surface area contributed by atoms with Gasteiger partial charge in [0.05, 0.1) is 0 Å². The van der Waals surface area contributed by atoms with Gasteiger partial charge in [0, 0.05) is 5.56 Å². The van der Waals surface area contributed by atoms with Gasteiger partial charge in [0.15, 0.2) is 0 Å². The number of halogens is 2. The Kier molecular flexibility index (Phi) is 2.46. The fourth-order valence-corrected chi connectivity index (χ4v) is 1.22. The van der Waals surface area contributed by atoms with Crippen LogP contribution in [-0.2, 0) is 0 Å². The summed E-state index contributed by atoms with van der Waals surface area (Å²) in [6.45, 7) is 5.49. The fraction of sp³-hybridized carbons (Fsp3) is 0.400. The predicted octanol–water partition coefficient (Wildman–Crippen LogP) is 3.55. The smallest absolute Gasteiger partial charge is 0.205 e. The molecule has 0 spiro atoms. The molecule has 1 aromatic rings. The number of alkyl halides is 2. The molecule has 0 nitrogen and oxygen atoms in total. The Labute approximate surface area is 71.2 Å². The van der Waals surface area contributed by atoms with Crippen LogP contribution in [0.3, 0.4) is 0 Å². The molecular formula is C10H12F2. The van der Waals surface area contributed by atoms with Crippen molar-refractivity contribution in [2.24, 2.45) is 0 Å². The number of hydrogen-bond donors (Lipinski definition) is 0. The maximum absolute atomic E-state index is 12.3. The summed E-state index contributed by atoms with van der Waals surface area (Å²) in [6.07, 6.45) is -2.36. The van der Waals surface area contributed by atoms with E-state index >= 15 is 0 Å². The van der Waals surface area contributed by atoms with Gasteiger partial charge in [-0.25, -0.2) is 8.78 Å². The van der Waals surface area contributed by atoms with Gasteiger partial charge in [-0.3, -0.25) is 0 Å². The number of aryl methyl sites for hydroxylation is 3. The number of rotatable bonds is 1. The summed E-state index contributed by atoms with van der Waals surface area (Å²) in [5, 5.41) is 0. The number of benzene rings is 1. The van der Waals surface area contributed by atoms with Crippen molar-refractivity contribution in [3.63, 3.8) is 0 Å². The lowest BCUT2D eigenvalue weighted by atomic mass is 10.0. The van der Waals surface area contributed by atoms with Gasteiger partial charge in [-0.2, -0.15) is 0 Å². The second kappa shape index (κ2) is 3.21. The van der Waals surface area contributed by atoms with Crippen LogP contribution in [0.25, 0.3) is 0 Å². The average Bonchev–Trinajstić information content (AvgIpc) is 1.96. The third-order valence-electron chi connectivity index (χ3n) is 2.12. The molecule has 0 aromatic heterocycles. The van der Waals surface area contributed by atoms with E-state index in [4.69, 9.17) is 0 Å². The van der Waals surface area contributed by atoms with E-state index in [1.165, 1.54) is 0 Å². The van der Waals surface area contributed by atoms with E-state index in [0.29, 0.717) is 5.56 Å². The highest BCUT2D eigenvalue weighted by molar-refractivity contribution is 5.36. The molecule has 0 bridgehead atoms. The predicted molar refractivity (Wildman–Crippen MR) is 45.6 cm³/mol. The quantitative estimate of drug-likeness (QED) is 0.604. The second-order valence-corrected chi connectivity index (χ2v) is 3.09. The fourth-order valence-electron chi connectivity index (χ4n) is 1.22. The first kappa shape index (κ1) is 9.17. The Morgan fingerprint density at radius 1 is 0.917 bits per heavy atom. The third-order valence-corrected chi connectivity index (χ3v) is 2.12. The summed E-state index contributed by atoms with van der Waals surface area (Å²) in [5.41, 5.74) is 2.82. The summed E-state index contributed by atoms with van der Waals surface area (Å²) < 4.78 is 24.7. The van der Waals surface area contributed by atoms with E-state index in [-0.39, 0.29) is 5.56 Å². The summed E-state index contributed by atoms with van der Waals surface area (Å²) in [5.74, 6) is 0. The molecular weight excluding hydrogens is 158 g/mol. The van der Waals surface area contributed by atoms with E-state index < -0.39 is 6.43 Å². The molecule has 1 rings (SSSR count). The Hall–Kier alpha value is -0.920. The van der Waals surface area contributed by atoms with Gasteiger partial charge in [0.2, 0.25) is 0 Å². The minimum absolute atomic E-state index is 0.151. The van der Waals surface area contributed by atoms with Crippen LogP contribution in [0.5, 0.6) is 0 Å². The van der Waals surface area contributed by atoms with Crippen molar-refractivity contribution in [2.75, 3.05) is 0 Å². The van der Waals surface area contributed by atoms with Gasteiger partial charge < -0.3 is 0 Å². The zero-order valence-electron chi connectivity index (χ0n) is 7.49. The minimum Gasteiger partial charge on any atom is -0.205 e. The first-order valence-electron chi connectivity index (χ1n) is 3.88. The van der Waals surface area contributed by atoms with Crippen LogP contribution in [0, 0.1) is 20.8 Å². The van der Waals surface area contributed by atoms with Crippen LogP contribution in [0.1, 0.15) is 28.7 Å². The van der Waals surface area contributed by atoms with Gasteiger partial charge in [0.1, 0.15) is 0 Å². The van der Waals surface area contributed by atoms with Crippen LogP contribution in [0.4, 0.5) is 8.78 Å². The lowest BCUT2D eigenvalue weighted by Gasteiger charge is -2.08. The minimum atomic E-state index is -2.36. The Bertz CT molecular complexity index is 290. The summed E-state index contributed by atoms with van der Waals surface area (Å²) in [7, 11) is 0. The molecule has 0 saturated carbocycles. The highest BCUT2D eigenvalue weighted by atomic mass is 19.3. The van der Waals surface area contributed by atoms with E-state index in [2.05, 4.69) is 0 Å². The highest BCUT2D eigenvalue weighted by Gasteiger charge is 2.10. The maximum atomic E-state index is 12.3. The molecule has 0 unspecified atom stereocenters. The van der Waals surface area contributed by atoms with Gasteiger partial charge in [-0.05, 0) is 43.5 Å². The molecule has 0 amide bonds. The molecule has 0 aliphatic heterocycles. The van der Waals surface area contributed by atoms with Crippen molar-refractivity contribution in [3.8, 4) is 0 Å². The van der Waals surface area contributed by atoms with Crippen molar-refractivity contribution in [2.45, 2.75) is 27.2 Å². The van der Waals surface area contributed by atoms with Crippen molar-refractivity contribution in [1.29, 1.82) is 0 Å². The molecule has 0 heterocycles. The Morgan fingerprint density at radius 3 is 1.92 bits per heavy atom. The second-order valence-electron chi connectivity index (χ2n) is 3.09. The molecule has 0 radical (unpaired) electrons. The van der Waals surface area contributed by atoms with E-state index in [1.807, 2.05) is 13.8 Å². The monoisotopic (exact) mass is 170 g/mol.